The predicted molar refractivity (Wildman–Crippen MR) is 132 cm³/mol. The maximum atomic E-state index is 13.0. The first-order valence-corrected chi connectivity index (χ1v) is 13.3. The molecule has 0 spiro atoms. The number of thioether (sulfide) groups is 2. The van der Waals surface area contributed by atoms with Gasteiger partial charge >= 0.3 is 5.97 Å². The lowest BCUT2D eigenvalue weighted by atomic mass is 10.0. The van der Waals surface area contributed by atoms with Gasteiger partial charge < -0.3 is 29.8 Å². The number of carboxylic acid groups (broad SMARTS) is 1. The summed E-state index contributed by atoms with van der Waals surface area (Å²) in [6.45, 7) is 0. The molecular formula is C20H17N7O7S3. The Morgan fingerprint density at radius 3 is 2.95 bits per heavy atom. The molecule has 14 nitrogen and oxygen atoms in total. The molecule has 0 unspecified atom stereocenters. The van der Waals surface area contributed by atoms with E-state index in [1.54, 1.807) is 6.07 Å². The zero-order chi connectivity index (χ0) is 26.1. The fourth-order valence-electron chi connectivity index (χ4n) is 3.62. The Morgan fingerprint density at radius 2 is 2.27 bits per heavy atom. The molecule has 0 aliphatic carbocycles. The number of thiazole rings is 1. The molecule has 4 N–H and O–H groups in total. The second kappa shape index (κ2) is 10.3. The summed E-state index contributed by atoms with van der Waals surface area (Å²) in [6, 6.07) is 0.721. The van der Waals surface area contributed by atoms with E-state index in [4.69, 9.17) is 19.4 Å². The minimum atomic E-state index is -1.25. The highest BCUT2D eigenvalue weighted by atomic mass is 32.2. The van der Waals surface area contributed by atoms with Gasteiger partial charge in [-0.1, -0.05) is 16.9 Å². The van der Waals surface area contributed by atoms with E-state index in [-0.39, 0.29) is 39.1 Å². The second-order valence-corrected chi connectivity index (χ2v) is 10.4. The van der Waals surface area contributed by atoms with E-state index in [0.29, 0.717) is 16.9 Å². The molecule has 2 amide bonds. The minimum absolute atomic E-state index is 0.126. The number of nitrogens with one attached hydrogen (secondary N) is 1. The molecule has 2 aliphatic rings. The summed E-state index contributed by atoms with van der Waals surface area (Å²) in [6.07, 6.45) is 2.94. The summed E-state index contributed by atoms with van der Waals surface area (Å²) < 4.78 is 10.6. The number of amides is 2. The summed E-state index contributed by atoms with van der Waals surface area (Å²) in [7, 11) is 1.27. The lowest BCUT2D eigenvalue weighted by Crippen LogP contribution is -2.71. The number of carbonyl (C=O) groups is 3. The van der Waals surface area contributed by atoms with E-state index < -0.39 is 29.2 Å². The van der Waals surface area contributed by atoms with Crippen molar-refractivity contribution in [3.05, 3.63) is 40.9 Å². The van der Waals surface area contributed by atoms with Gasteiger partial charge in [-0.3, -0.25) is 14.5 Å². The molecular weight excluding hydrogens is 546 g/mol. The lowest BCUT2D eigenvalue weighted by molar-refractivity contribution is -0.150. The number of anilines is 1. The normalized spacial score (nSPS) is 19.4. The molecule has 2 aliphatic heterocycles. The number of furan rings is 1. The van der Waals surface area contributed by atoms with Crippen molar-refractivity contribution in [3.8, 4) is 11.5 Å². The van der Waals surface area contributed by atoms with Crippen molar-refractivity contribution in [2.45, 2.75) is 16.6 Å². The number of fused-ring (bicyclic) bond motifs is 1. The van der Waals surface area contributed by atoms with Gasteiger partial charge in [0.05, 0.1) is 11.8 Å². The number of nitrogens with two attached hydrogens (primary N) is 1. The van der Waals surface area contributed by atoms with Crippen LogP contribution in [-0.2, 0) is 19.2 Å². The van der Waals surface area contributed by atoms with Crippen LogP contribution in [0.3, 0.4) is 0 Å². The SMILES string of the molecule is CON=C(C(=O)N[C@@H]1C(=O)N2C(C(=O)O)=C(CSc3nnc(-c4ccoc4)o3)CS[C@@H]12)c1csc(N)n1. The van der Waals surface area contributed by atoms with Gasteiger partial charge in [-0.25, -0.2) is 9.78 Å². The number of aromatic nitrogens is 3. The third-order valence-electron chi connectivity index (χ3n) is 5.24. The molecule has 0 aromatic carbocycles. The van der Waals surface area contributed by atoms with Gasteiger partial charge in [0, 0.05) is 16.9 Å². The maximum absolute atomic E-state index is 13.0. The molecule has 5 heterocycles. The van der Waals surface area contributed by atoms with E-state index in [1.807, 2.05) is 0 Å². The number of aliphatic carboxylic acids is 1. The molecule has 17 heteroatoms. The standard InChI is InChI=1S/C20H17N7O7S3/c1-32-26-11(10-7-36-19(21)22-10)14(28)23-12-16(29)27-13(18(30)31)9(5-35-17(12)27)6-37-20-25-24-15(34-20)8-2-3-33-4-8/h2-4,7,12,17H,5-6H2,1H3,(H2,21,22)(H,23,28)(H,30,31)/t12-,17+/m1/s1. The maximum Gasteiger partial charge on any atom is 0.352 e. The van der Waals surface area contributed by atoms with Gasteiger partial charge in [-0.15, -0.1) is 33.3 Å². The van der Waals surface area contributed by atoms with E-state index in [2.05, 4.69) is 25.7 Å². The van der Waals surface area contributed by atoms with E-state index >= 15 is 0 Å². The van der Waals surface area contributed by atoms with Gasteiger partial charge in [-0.2, -0.15) is 0 Å². The van der Waals surface area contributed by atoms with Gasteiger partial charge in [0.25, 0.3) is 22.9 Å². The van der Waals surface area contributed by atoms with Gasteiger partial charge in [-0.05, 0) is 11.6 Å². The molecule has 192 valence electrons. The molecule has 2 atom stereocenters. The van der Waals surface area contributed by atoms with E-state index in [9.17, 15) is 19.5 Å². The Kier molecular flexibility index (Phi) is 6.90. The van der Waals surface area contributed by atoms with Crippen molar-refractivity contribution in [1.82, 2.24) is 25.4 Å². The summed E-state index contributed by atoms with van der Waals surface area (Å²) in [5.74, 6) is -1.69. The number of carbonyl (C=O) groups excluding carboxylic acids is 2. The Hall–Kier alpha value is -3.83. The van der Waals surface area contributed by atoms with E-state index in [1.165, 1.54) is 41.7 Å². The van der Waals surface area contributed by atoms with Crippen molar-refractivity contribution in [1.29, 1.82) is 0 Å². The second-order valence-electron chi connectivity index (χ2n) is 7.49. The first-order valence-electron chi connectivity index (χ1n) is 10.4. The van der Waals surface area contributed by atoms with Crippen LogP contribution in [0.1, 0.15) is 5.69 Å². The van der Waals surface area contributed by atoms with Crippen molar-refractivity contribution in [2.24, 2.45) is 5.16 Å². The molecule has 0 radical (unpaired) electrons. The molecule has 0 saturated carbocycles. The Bertz CT molecular complexity index is 1410. The van der Waals surface area contributed by atoms with Gasteiger partial charge in [0.2, 0.25) is 0 Å². The predicted octanol–water partition coefficient (Wildman–Crippen LogP) is 1.25. The molecule has 5 rings (SSSR count). The van der Waals surface area contributed by atoms with Crippen molar-refractivity contribution < 1.29 is 33.2 Å². The fourth-order valence-corrected chi connectivity index (χ4v) is 6.41. The topological polar surface area (TPSA) is 199 Å². The molecule has 1 fully saturated rings. The fraction of sp³-hybridized carbons (Fsp3) is 0.250. The van der Waals surface area contributed by atoms with Crippen LogP contribution in [0, 0.1) is 0 Å². The van der Waals surface area contributed by atoms with Crippen molar-refractivity contribution >= 4 is 63.5 Å². The molecule has 0 bridgehead atoms. The Morgan fingerprint density at radius 1 is 1.43 bits per heavy atom. The third kappa shape index (κ3) is 4.79. The quantitative estimate of drug-likeness (QED) is 0.146. The first kappa shape index (κ1) is 24.8. The molecule has 37 heavy (non-hydrogen) atoms. The number of β-lactam (4-membered cyclic amide) rings is 1. The van der Waals surface area contributed by atoms with Crippen LogP contribution < -0.4 is 11.1 Å². The number of nitrogen functional groups attached to an aromatic ring is 1. The number of carboxylic acids is 1. The summed E-state index contributed by atoms with van der Waals surface area (Å²) in [5, 5.41) is 25.5. The van der Waals surface area contributed by atoms with Crippen molar-refractivity contribution in [2.75, 3.05) is 24.3 Å². The molecule has 3 aromatic heterocycles. The number of hydrogen-bond acceptors (Lipinski definition) is 14. The average Bonchev–Trinajstić information content (AvgIpc) is 3.65. The molecule has 1 saturated heterocycles. The van der Waals surface area contributed by atoms with E-state index in [0.717, 1.165) is 23.1 Å². The summed E-state index contributed by atoms with van der Waals surface area (Å²) in [5.41, 5.74) is 6.70. The van der Waals surface area contributed by atoms with Gasteiger partial charge in [0.1, 0.15) is 36.2 Å². The van der Waals surface area contributed by atoms with Crippen LogP contribution in [0.2, 0.25) is 0 Å². The average molecular weight is 564 g/mol. The first-order chi connectivity index (χ1) is 17.9. The minimum Gasteiger partial charge on any atom is -0.477 e. The number of hydrogen-bond donors (Lipinski definition) is 3. The van der Waals surface area contributed by atoms with Crippen LogP contribution in [0.25, 0.3) is 11.5 Å². The number of rotatable bonds is 9. The Balaban J connectivity index is 1.28. The lowest BCUT2D eigenvalue weighted by Gasteiger charge is -2.49. The zero-order valence-corrected chi connectivity index (χ0v) is 21.3. The number of oxime groups is 1. The molecule has 3 aromatic rings. The van der Waals surface area contributed by atoms with Crippen LogP contribution in [0.4, 0.5) is 5.13 Å². The monoisotopic (exact) mass is 563 g/mol. The number of nitrogens with zero attached hydrogens (tertiary/aromatic N) is 5. The van der Waals surface area contributed by atoms with Gasteiger partial charge in [0.15, 0.2) is 10.8 Å². The summed E-state index contributed by atoms with van der Waals surface area (Å²) >= 11 is 3.61. The largest absolute Gasteiger partial charge is 0.477 e. The van der Waals surface area contributed by atoms with Crippen LogP contribution in [0.5, 0.6) is 0 Å². The highest BCUT2D eigenvalue weighted by Crippen LogP contribution is 2.41. The summed E-state index contributed by atoms with van der Waals surface area (Å²) in [4.78, 5) is 47.9. The highest BCUT2D eigenvalue weighted by Gasteiger charge is 2.54. The Labute approximate surface area is 220 Å². The van der Waals surface area contributed by atoms with Crippen molar-refractivity contribution in [3.63, 3.8) is 0 Å². The smallest absolute Gasteiger partial charge is 0.352 e. The van der Waals surface area contributed by atoms with Crippen LogP contribution in [-0.4, -0.2) is 78.7 Å². The third-order valence-corrected chi connectivity index (χ3v) is 8.16. The zero-order valence-electron chi connectivity index (χ0n) is 18.8. The highest BCUT2D eigenvalue weighted by molar-refractivity contribution is 8.01. The van der Waals surface area contributed by atoms with Crippen LogP contribution >= 0.6 is 34.9 Å². The van der Waals surface area contributed by atoms with Crippen LogP contribution in [0.15, 0.2) is 54.5 Å².